The minimum Gasteiger partial charge on any atom is -0.481 e. The van der Waals surface area contributed by atoms with E-state index in [0.717, 1.165) is 0 Å². The van der Waals surface area contributed by atoms with E-state index >= 15 is 0 Å². The van der Waals surface area contributed by atoms with Crippen LogP contribution < -0.4 is 5.32 Å². The van der Waals surface area contributed by atoms with E-state index in [0.29, 0.717) is 10.6 Å². The summed E-state index contributed by atoms with van der Waals surface area (Å²) in [5.74, 6) is -1.41. The Morgan fingerprint density at radius 2 is 2.27 bits per heavy atom. The van der Waals surface area contributed by atoms with E-state index in [1.54, 1.807) is 11.4 Å². The molecule has 0 radical (unpaired) electrons. The summed E-state index contributed by atoms with van der Waals surface area (Å²) in [7, 11) is 0. The van der Waals surface area contributed by atoms with Crippen molar-refractivity contribution in [1.29, 1.82) is 5.26 Å². The van der Waals surface area contributed by atoms with Crippen LogP contribution in [-0.2, 0) is 9.59 Å². The van der Waals surface area contributed by atoms with Crippen LogP contribution >= 0.6 is 11.3 Å². The number of carboxylic acid groups (broad SMARTS) is 1. The predicted octanol–water partition coefficient (Wildman–Crippen LogP) is 1.42. The Morgan fingerprint density at radius 3 is 2.87 bits per heavy atom. The summed E-state index contributed by atoms with van der Waals surface area (Å²) in [4.78, 5) is 21.4. The molecule has 0 saturated heterocycles. The lowest BCUT2D eigenvalue weighted by molar-refractivity contribution is -0.138. The van der Waals surface area contributed by atoms with Crippen LogP contribution in [0.25, 0.3) is 0 Å². The first-order valence-electron chi connectivity index (χ1n) is 4.12. The third kappa shape index (κ3) is 3.40. The van der Waals surface area contributed by atoms with Gasteiger partial charge in [0, 0.05) is 6.42 Å². The lowest BCUT2D eigenvalue weighted by atomic mass is 10.3. The number of thiophene rings is 1. The maximum absolute atomic E-state index is 11.2. The molecule has 0 bridgehead atoms. The molecule has 1 heterocycles. The highest BCUT2D eigenvalue weighted by molar-refractivity contribution is 7.14. The number of nitrogens with zero attached hydrogens (tertiary/aromatic N) is 1. The van der Waals surface area contributed by atoms with Crippen LogP contribution in [0.5, 0.6) is 0 Å². The Morgan fingerprint density at radius 1 is 1.53 bits per heavy atom. The zero-order chi connectivity index (χ0) is 11.3. The first kappa shape index (κ1) is 11.2. The fourth-order valence-electron chi connectivity index (χ4n) is 0.904. The number of carboxylic acids is 1. The van der Waals surface area contributed by atoms with Crippen molar-refractivity contribution in [2.24, 2.45) is 0 Å². The van der Waals surface area contributed by atoms with E-state index in [-0.39, 0.29) is 12.8 Å². The number of carbonyl (C=O) groups excluding carboxylic acids is 1. The molecular weight excluding hydrogens is 216 g/mol. The number of nitriles is 1. The fourth-order valence-corrected chi connectivity index (χ4v) is 1.66. The van der Waals surface area contributed by atoms with Crippen molar-refractivity contribution < 1.29 is 14.7 Å². The maximum Gasteiger partial charge on any atom is 0.303 e. The zero-order valence-electron chi connectivity index (χ0n) is 7.69. The molecule has 6 heteroatoms. The highest BCUT2D eigenvalue weighted by Crippen LogP contribution is 2.22. The normalized spacial score (nSPS) is 9.27. The molecule has 0 aliphatic carbocycles. The molecule has 78 valence electrons. The molecule has 1 amide bonds. The van der Waals surface area contributed by atoms with Crippen molar-refractivity contribution in [2.45, 2.75) is 12.8 Å². The lowest BCUT2D eigenvalue weighted by Crippen LogP contribution is -2.12. The Hall–Kier alpha value is -1.87. The van der Waals surface area contributed by atoms with Gasteiger partial charge in [-0.05, 0) is 11.4 Å². The zero-order valence-corrected chi connectivity index (χ0v) is 8.50. The van der Waals surface area contributed by atoms with Crippen LogP contribution in [0.2, 0.25) is 0 Å². The molecule has 0 saturated carbocycles. The van der Waals surface area contributed by atoms with Gasteiger partial charge in [0.25, 0.3) is 0 Å². The monoisotopic (exact) mass is 224 g/mol. The summed E-state index contributed by atoms with van der Waals surface area (Å²) in [5, 5.41) is 21.7. The van der Waals surface area contributed by atoms with Gasteiger partial charge in [0.2, 0.25) is 5.91 Å². The minimum atomic E-state index is -1.02. The number of rotatable bonds is 4. The average molecular weight is 224 g/mol. The molecule has 1 aromatic rings. The van der Waals surface area contributed by atoms with Crippen molar-refractivity contribution in [2.75, 3.05) is 5.32 Å². The van der Waals surface area contributed by atoms with E-state index in [1.165, 1.54) is 11.3 Å². The Bertz CT molecular complexity index is 419. The van der Waals surface area contributed by atoms with Gasteiger partial charge in [0.15, 0.2) is 0 Å². The third-order valence-electron chi connectivity index (χ3n) is 1.60. The van der Waals surface area contributed by atoms with Gasteiger partial charge in [-0.2, -0.15) is 5.26 Å². The van der Waals surface area contributed by atoms with Crippen molar-refractivity contribution in [1.82, 2.24) is 0 Å². The van der Waals surface area contributed by atoms with Gasteiger partial charge in [-0.25, -0.2) is 0 Å². The molecule has 15 heavy (non-hydrogen) atoms. The second kappa shape index (κ2) is 5.12. The largest absolute Gasteiger partial charge is 0.481 e. The summed E-state index contributed by atoms with van der Waals surface area (Å²) in [6.07, 6.45) is -0.294. The van der Waals surface area contributed by atoms with Gasteiger partial charge in [-0.3, -0.25) is 9.59 Å². The summed E-state index contributed by atoms with van der Waals surface area (Å²) < 4.78 is 0. The smallest absolute Gasteiger partial charge is 0.303 e. The van der Waals surface area contributed by atoms with Crippen molar-refractivity contribution in [3.8, 4) is 6.07 Å². The van der Waals surface area contributed by atoms with Crippen LogP contribution in [0.4, 0.5) is 5.00 Å². The average Bonchev–Trinajstić information content (AvgIpc) is 2.62. The molecule has 0 unspecified atom stereocenters. The minimum absolute atomic E-state index is 0.0852. The molecule has 5 nitrogen and oxygen atoms in total. The number of anilines is 1. The standard InChI is InChI=1S/C9H8N2O3S/c10-5-6-3-4-15-9(6)11-7(12)1-2-8(13)14/h3-4H,1-2H2,(H,11,12)(H,13,14). The summed E-state index contributed by atoms with van der Waals surface area (Å²) >= 11 is 1.23. The molecule has 0 spiro atoms. The predicted molar refractivity (Wildman–Crippen MR) is 54.5 cm³/mol. The Labute approximate surface area is 90.0 Å². The number of aliphatic carboxylic acids is 1. The van der Waals surface area contributed by atoms with Crippen LogP contribution in [0, 0.1) is 11.3 Å². The maximum atomic E-state index is 11.2. The van der Waals surface area contributed by atoms with Crippen LogP contribution in [0.15, 0.2) is 11.4 Å². The van der Waals surface area contributed by atoms with Gasteiger partial charge < -0.3 is 10.4 Å². The molecule has 1 aromatic heterocycles. The summed E-state index contributed by atoms with van der Waals surface area (Å²) in [6.45, 7) is 0. The van der Waals surface area contributed by atoms with E-state index in [4.69, 9.17) is 10.4 Å². The second-order valence-corrected chi connectivity index (χ2v) is 3.63. The molecule has 0 aliphatic rings. The number of hydrogen-bond acceptors (Lipinski definition) is 4. The molecule has 2 N–H and O–H groups in total. The lowest BCUT2D eigenvalue weighted by Gasteiger charge is -2.00. The van der Waals surface area contributed by atoms with Crippen LogP contribution in [0.3, 0.4) is 0 Å². The number of carbonyl (C=O) groups is 2. The highest BCUT2D eigenvalue weighted by atomic mass is 32.1. The third-order valence-corrected chi connectivity index (χ3v) is 2.43. The number of nitrogens with one attached hydrogen (secondary N) is 1. The summed E-state index contributed by atoms with van der Waals surface area (Å²) in [6, 6.07) is 3.52. The van der Waals surface area contributed by atoms with E-state index in [9.17, 15) is 9.59 Å². The van der Waals surface area contributed by atoms with Gasteiger partial charge in [-0.1, -0.05) is 0 Å². The first-order valence-corrected chi connectivity index (χ1v) is 5.00. The fraction of sp³-hybridized carbons (Fsp3) is 0.222. The van der Waals surface area contributed by atoms with E-state index in [2.05, 4.69) is 5.32 Å². The van der Waals surface area contributed by atoms with Crippen molar-refractivity contribution in [3.05, 3.63) is 17.0 Å². The molecule has 0 aromatic carbocycles. The highest BCUT2D eigenvalue weighted by Gasteiger charge is 2.09. The summed E-state index contributed by atoms with van der Waals surface area (Å²) in [5.41, 5.74) is 0.392. The SMILES string of the molecule is N#Cc1ccsc1NC(=O)CCC(=O)O. The number of hydrogen-bond donors (Lipinski definition) is 2. The van der Waals surface area contributed by atoms with Crippen molar-refractivity contribution >= 4 is 28.2 Å². The van der Waals surface area contributed by atoms with Crippen LogP contribution in [-0.4, -0.2) is 17.0 Å². The van der Waals surface area contributed by atoms with E-state index < -0.39 is 11.9 Å². The topological polar surface area (TPSA) is 90.2 Å². The molecule has 0 atom stereocenters. The molecule has 0 fully saturated rings. The molecular formula is C9H8N2O3S. The second-order valence-electron chi connectivity index (χ2n) is 2.72. The molecule has 1 rings (SSSR count). The first-order chi connectivity index (χ1) is 7.13. The van der Waals surface area contributed by atoms with Gasteiger partial charge in [-0.15, -0.1) is 11.3 Å². The van der Waals surface area contributed by atoms with Gasteiger partial charge in [0.05, 0.1) is 12.0 Å². The van der Waals surface area contributed by atoms with Crippen molar-refractivity contribution in [3.63, 3.8) is 0 Å². The Balaban J connectivity index is 2.52. The Kier molecular flexibility index (Phi) is 3.83. The number of amides is 1. The van der Waals surface area contributed by atoms with Crippen LogP contribution in [0.1, 0.15) is 18.4 Å². The van der Waals surface area contributed by atoms with Gasteiger partial charge >= 0.3 is 5.97 Å². The molecule has 0 aliphatic heterocycles. The quantitative estimate of drug-likeness (QED) is 0.809. The van der Waals surface area contributed by atoms with Gasteiger partial charge in [0.1, 0.15) is 11.1 Å². The van der Waals surface area contributed by atoms with E-state index in [1.807, 2.05) is 6.07 Å².